The molecule has 176 valence electrons. The first-order valence-electron chi connectivity index (χ1n) is 11.5. The zero-order valence-corrected chi connectivity index (χ0v) is 18.1. The van der Waals surface area contributed by atoms with Gasteiger partial charge in [-0.25, -0.2) is 22.0 Å². The zero-order chi connectivity index (χ0) is 23.1. The van der Waals surface area contributed by atoms with Gasteiger partial charge in [-0.15, -0.1) is 0 Å². The quantitative estimate of drug-likeness (QED) is 0.350. The average molecular weight is 464 g/mol. The maximum Gasteiger partial charge on any atom is 0.194 e. The standard InChI is InChI=1S/C26H25F5O2/c27-21-10-18(11-22(28)25(21)31)20-8-7-19(23(29)24(20)30)16-3-5-17(6-4-16)26-32-12-15(13-33-26)9-14-1-2-14/h3,7-8,10-11,14-15,17,26H,1-2,4-6,9,12-13H2. The van der Waals surface area contributed by atoms with E-state index in [1.807, 2.05) is 6.08 Å². The highest BCUT2D eigenvalue weighted by molar-refractivity contribution is 5.72. The van der Waals surface area contributed by atoms with E-state index in [4.69, 9.17) is 9.47 Å². The van der Waals surface area contributed by atoms with Gasteiger partial charge < -0.3 is 9.47 Å². The molecule has 2 aliphatic carbocycles. The smallest absolute Gasteiger partial charge is 0.194 e. The van der Waals surface area contributed by atoms with Gasteiger partial charge in [0.2, 0.25) is 0 Å². The van der Waals surface area contributed by atoms with Crippen molar-refractivity contribution in [1.29, 1.82) is 0 Å². The maximum atomic E-state index is 14.9. The maximum absolute atomic E-state index is 14.9. The van der Waals surface area contributed by atoms with Gasteiger partial charge in [-0.05, 0) is 54.9 Å². The molecule has 1 heterocycles. The predicted octanol–water partition coefficient (Wildman–Crippen LogP) is 7.02. The first-order chi connectivity index (χ1) is 15.9. The van der Waals surface area contributed by atoms with E-state index >= 15 is 0 Å². The van der Waals surface area contributed by atoms with Gasteiger partial charge in [0.15, 0.2) is 35.4 Å². The van der Waals surface area contributed by atoms with Crippen molar-refractivity contribution in [2.75, 3.05) is 13.2 Å². The molecule has 1 aliphatic heterocycles. The third-order valence-corrected chi connectivity index (χ3v) is 6.92. The molecule has 0 bridgehead atoms. The van der Waals surface area contributed by atoms with Gasteiger partial charge in [0.05, 0.1) is 13.2 Å². The fraction of sp³-hybridized carbons (Fsp3) is 0.462. The predicted molar refractivity (Wildman–Crippen MR) is 114 cm³/mol. The van der Waals surface area contributed by atoms with Crippen molar-refractivity contribution < 1.29 is 31.4 Å². The highest BCUT2D eigenvalue weighted by Gasteiger charge is 2.33. The van der Waals surface area contributed by atoms with Crippen molar-refractivity contribution >= 4 is 5.57 Å². The molecule has 0 spiro atoms. The molecule has 0 aromatic heterocycles. The lowest BCUT2D eigenvalue weighted by Crippen LogP contribution is -2.37. The monoisotopic (exact) mass is 464 g/mol. The second-order valence-electron chi connectivity index (χ2n) is 9.39. The molecule has 7 heteroatoms. The van der Waals surface area contributed by atoms with E-state index in [0.717, 1.165) is 12.3 Å². The molecule has 33 heavy (non-hydrogen) atoms. The summed E-state index contributed by atoms with van der Waals surface area (Å²) in [5, 5.41) is 0. The lowest BCUT2D eigenvalue weighted by atomic mass is 9.85. The normalized spacial score (nSPS) is 25.7. The van der Waals surface area contributed by atoms with Crippen molar-refractivity contribution in [2.24, 2.45) is 17.8 Å². The largest absolute Gasteiger partial charge is 0.352 e. The van der Waals surface area contributed by atoms with Crippen molar-refractivity contribution in [3.05, 3.63) is 65.0 Å². The Morgan fingerprint density at radius 2 is 1.39 bits per heavy atom. The van der Waals surface area contributed by atoms with Crippen LogP contribution in [0.2, 0.25) is 0 Å². The first-order valence-corrected chi connectivity index (χ1v) is 11.5. The highest BCUT2D eigenvalue weighted by atomic mass is 19.2. The Labute approximate surface area is 189 Å². The third-order valence-electron chi connectivity index (χ3n) is 6.92. The summed E-state index contributed by atoms with van der Waals surface area (Å²) >= 11 is 0. The lowest BCUT2D eigenvalue weighted by Gasteiger charge is -2.35. The summed E-state index contributed by atoms with van der Waals surface area (Å²) in [5.74, 6) is -5.42. The first kappa shape index (κ1) is 22.5. The molecule has 0 N–H and O–H groups in total. The molecule has 2 fully saturated rings. The van der Waals surface area contributed by atoms with Crippen LogP contribution in [0.4, 0.5) is 22.0 Å². The second kappa shape index (κ2) is 9.18. The second-order valence-corrected chi connectivity index (χ2v) is 9.39. The molecule has 2 aromatic carbocycles. The van der Waals surface area contributed by atoms with E-state index < -0.39 is 29.1 Å². The van der Waals surface area contributed by atoms with Gasteiger partial charge in [0.25, 0.3) is 0 Å². The molecule has 1 saturated heterocycles. The average Bonchev–Trinajstić information content (AvgIpc) is 3.64. The summed E-state index contributed by atoms with van der Waals surface area (Å²) in [6.07, 6.45) is 7.29. The number of benzene rings is 2. The number of hydrogen-bond acceptors (Lipinski definition) is 2. The minimum absolute atomic E-state index is 0.118. The van der Waals surface area contributed by atoms with Gasteiger partial charge in [-0.2, -0.15) is 0 Å². The van der Waals surface area contributed by atoms with Gasteiger partial charge in [0, 0.05) is 23.0 Å². The molecule has 0 amide bonds. The number of ether oxygens (including phenoxy) is 2. The fourth-order valence-corrected chi connectivity index (χ4v) is 4.87. The van der Waals surface area contributed by atoms with E-state index in [9.17, 15) is 22.0 Å². The number of rotatable bonds is 5. The molecular formula is C26H25F5O2. The number of hydrogen-bond donors (Lipinski definition) is 0. The van der Waals surface area contributed by atoms with E-state index in [1.165, 1.54) is 31.4 Å². The van der Waals surface area contributed by atoms with Crippen LogP contribution in [0.5, 0.6) is 0 Å². The third kappa shape index (κ3) is 4.71. The minimum Gasteiger partial charge on any atom is -0.352 e. The fourth-order valence-electron chi connectivity index (χ4n) is 4.87. The van der Waals surface area contributed by atoms with Gasteiger partial charge >= 0.3 is 0 Å². The van der Waals surface area contributed by atoms with Crippen LogP contribution in [0.3, 0.4) is 0 Å². The molecule has 1 atom stereocenters. The summed E-state index contributed by atoms with van der Waals surface area (Å²) in [4.78, 5) is 0. The van der Waals surface area contributed by atoms with Crippen LogP contribution in [0.15, 0.2) is 30.3 Å². The summed E-state index contributed by atoms with van der Waals surface area (Å²) < 4.78 is 81.9. The molecular weight excluding hydrogens is 439 g/mol. The van der Waals surface area contributed by atoms with E-state index in [0.29, 0.717) is 49.7 Å². The lowest BCUT2D eigenvalue weighted by molar-refractivity contribution is -0.226. The topological polar surface area (TPSA) is 18.5 Å². The Morgan fingerprint density at radius 3 is 2.00 bits per heavy atom. The van der Waals surface area contributed by atoms with Crippen molar-refractivity contribution in [1.82, 2.24) is 0 Å². The Bertz CT molecular complexity index is 1050. The Hall–Kier alpha value is -2.25. The summed E-state index contributed by atoms with van der Waals surface area (Å²) in [7, 11) is 0. The molecule has 0 radical (unpaired) electrons. The zero-order valence-electron chi connectivity index (χ0n) is 18.1. The molecule has 1 unspecified atom stereocenters. The molecule has 1 saturated carbocycles. The van der Waals surface area contributed by atoms with Crippen molar-refractivity contribution in [3.63, 3.8) is 0 Å². The number of halogens is 5. The van der Waals surface area contributed by atoms with Crippen molar-refractivity contribution in [2.45, 2.75) is 44.8 Å². The van der Waals surface area contributed by atoms with Crippen LogP contribution in [0, 0.1) is 46.8 Å². The summed E-state index contributed by atoms with van der Waals surface area (Å²) in [6, 6.07) is 3.97. The Kier molecular flexibility index (Phi) is 6.27. The van der Waals surface area contributed by atoms with Crippen LogP contribution in [-0.4, -0.2) is 19.5 Å². The van der Waals surface area contributed by atoms with Crippen LogP contribution < -0.4 is 0 Å². The van der Waals surface area contributed by atoms with Crippen LogP contribution >= 0.6 is 0 Å². The Balaban J connectivity index is 1.27. The molecule has 2 nitrogen and oxygen atoms in total. The van der Waals surface area contributed by atoms with Crippen LogP contribution in [-0.2, 0) is 9.47 Å². The van der Waals surface area contributed by atoms with E-state index in [-0.39, 0.29) is 28.9 Å². The van der Waals surface area contributed by atoms with Crippen LogP contribution in [0.25, 0.3) is 16.7 Å². The molecule has 3 aliphatic rings. The van der Waals surface area contributed by atoms with E-state index in [2.05, 4.69) is 0 Å². The SMILES string of the molecule is Fc1cc(-c2ccc(C3=CCC(C4OCC(CC5CC5)CO4)CC3)c(F)c2F)cc(F)c1F. The summed E-state index contributed by atoms with van der Waals surface area (Å²) in [5.41, 5.74) is 0.201. The molecule has 2 aromatic rings. The van der Waals surface area contributed by atoms with Gasteiger partial charge in [0.1, 0.15) is 0 Å². The van der Waals surface area contributed by atoms with Gasteiger partial charge in [-0.3, -0.25) is 0 Å². The Morgan fingerprint density at radius 1 is 0.758 bits per heavy atom. The highest BCUT2D eigenvalue weighted by Crippen LogP contribution is 2.40. The molecule has 5 rings (SSSR count). The van der Waals surface area contributed by atoms with E-state index in [1.54, 1.807) is 0 Å². The van der Waals surface area contributed by atoms with Crippen molar-refractivity contribution in [3.8, 4) is 11.1 Å². The summed E-state index contributed by atoms with van der Waals surface area (Å²) in [6.45, 7) is 1.42. The minimum atomic E-state index is -1.65. The van der Waals surface area contributed by atoms with Gasteiger partial charge in [-0.1, -0.05) is 31.1 Å². The number of allylic oxidation sites excluding steroid dienone is 2. The van der Waals surface area contributed by atoms with Crippen LogP contribution in [0.1, 0.15) is 44.1 Å².